The maximum atomic E-state index is 12.1. The molecule has 0 saturated carbocycles. The summed E-state index contributed by atoms with van der Waals surface area (Å²) in [4.78, 5) is 48.4. The predicted octanol–water partition coefficient (Wildman–Crippen LogP) is -0.461. The van der Waals surface area contributed by atoms with Crippen molar-refractivity contribution in [1.82, 2.24) is 15.1 Å². The minimum absolute atomic E-state index is 0.0929. The van der Waals surface area contributed by atoms with Gasteiger partial charge in [-0.05, 0) is 6.92 Å². The minimum Gasteiger partial charge on any atom is -0.481 e. The lowest BCUT2D eigenvalue weighted by atomic mass is 10.1. The first kappa shape index (κ1) is 19.9. The van der Waals surface area contributed by atoms with Crippen LogP contribution in [0.2, 0.25) is 0 Å². The van der Waals surface area contributed by atoms with Gasteiger partial charge in [0.25, 0.3) is 0 Å². The Morgan fingerprint density at radius 1 is 1.05 bits per heavy atom. The molecule has 1 unspecified atom stereocenters. The molecule has 0 fully saturated rings. The van der Waals surface area contributed by atoms with E-state index in [0.717, 1.165) is 0 Å². The van der Waals surface area contributed by atoms with Crippen LogP contribution in [0.1, 0.15) is 27.2 Å². The van der Waals surface area contributed by atoms with Crippen LogP contribution in [0.15, 0.2) is 0 Å². The number of nitrogens with zero attached hydrogens (tertiary/aromatic N) is 2. The molecule has 0 spiro atoms. The summed E-state index contributed by atoms with van der Waals surface area (Å²) in [7, 11) is 3.22. The van der Waals surface area contributed by atoms with E-state index in [1.165, 1.54) is 23.6 Å². The molecule has 8 nitrogen and oxygen atoms in total. The van der Waals surface area contributed by atoms with Crippen molar-refractivity contribution >= 4 is 23.7 Å². The molecule has 0 heterocycles. The number of rotatable bonds is 8. The Morgan fingerprint density at radius 3 is 2.00 bits per heavy atom. The molecular weight excluding hydrogens is 290 g/mol. The van der Waals surface area contributed by atoms with Gasteiger partial charge in [0.1, 0.15) is 6.04 Å². The molecule has 0 aromatic carbocycles. The minimum atomic E-state index is -1.06. The average molecular weight is 315 g/mol. The molecule has 22 heavy (non-hydrogen) atoms. The Balaban J connectivity index is 4.38. The molecule has 0 rings (SSSR count). The van der Waals surface area contributed by atoms with Crippen LogP contribution in [0.3, 0.4) is 0 Å². The first-order valence-corrected chi connectivity index (χ1v) is 7.05. The zero-order valence-corrected chi connectivity index (χ0v) is 13.8. The Kier molecular flexibility index (Phi) is 8.14. The fourth-order valence-electron chi connectivity index (χ4n) is 1.67. The van der Waals surface area contributed by atoms with E-state index in [0.29, 0.717) is 13.1 Å². The highest BCUT2D eigenvalue weighted by Gasteiger charge is 2.23. The maximum Gasteiger partial charge on any atom is 0.304 e. The lowest BCUT2D eigenvalue weighted by molar-refractivity contribution is -0.141. The number of nitrogens with one attached hydrogen (secondary N) is 1. The summed E-state index contributed by atoms with van der Waals surface area (Å²) in [6.07, 6.45) is -0.286. The lowest BCUT2D eigenvalue weighted by Crippen LogP contribution is -2.48. The number of hydrogen-bond donors (Lipinski definition) is 2. The van der Waals surface area contributed by atoms with Gasteiger partial charge in [0, 0.05) is 40.0 Å². The first-order valence-electron chi connectivity index (χ1n) is 7.05. The Labute approximate surface area is 130 Å². The van der Waals surface area contributed by atoms with Crippen molar-refractivity contribution in [3.63, 3.8) is 0 Å². The average Bonchev–Trinajstić information content (AvgIpc) is 2.42. The van der Waals surface area contributed by atoms with Gasteiger partial charge in [0.05, 0.1) is 6.42 Å². The SMILES string of the molecule is CC(=O)N(C)CCN(C)C(=O)[C@H](C)NC(=O)C(C)CC(=O)O. The zero-order chi connectivity index (χ0) is 17.4. The summed E-state index contributed by atoms with van der Waals surface area (Å²) in [5, 5.41) is 11.1. The smallest absolute Gasteiger partial charge is 0.304 e. The van der Waals surface area contributed by atoms with Gasteiger partial charge >= 0.3 is 5.97 Å². The molecule has 0 saturated heterocycles. The quantitative estimate of drug-likeness (QED) is 0.630. The first-order chi connectivity index (χ1) is 10.1. The number of carbonyl (C=O) groups excluding carboxylic acids is 3. The van der Waals surface area contributed by atoms with E-state index in [4.69, 9.17) is 5.11 Å². The summed E-state index contributed by atoms with van der Waals surface area (Å²) >= 11 is 0. The number of likely N-dealkylation sites (N-methyl/N-ethyl adjacent to an activating group) is 2. The topological polar surface area (TPSA) is 107 Å². The number of carboxylic acid groups (broad SMARTS) is 1. The standard InChI is InChI=1S/C14H25N3O5/c1-9(8-12(19)20)13(21)15-10(2)14(22)17(5)7-6-16(4)11(3)18/h9-10H,6-8H2,1-5H3,(H,15,21)(H,19,20)/t9?,10-/m0/s1. The fourth-order valence-corrected chi connectivity index (χ4v) is 1.67. The molecular formula is C14H25N3O5. The summed E-state index contributed by atoms with van der Waals surface area (Å²) in [6, 6.07) is -0.753. The molecule has 0 bridgehead atoms. The molecule has 2 N–H and O–H groups in total. The number of carboxylic acids is 1. The Bertz CT molecular complexity index is 438. The maximum absolute atomic E-state index is 12.1. The van der Waals surface area contributed by atoms with Crippen molar-refractivity contribution in [2.75, 3.05) is 27.2 Å². The lowest BCUT2D eigenvalue weighted by Gasteiger charge is -2.25. The van der Waals surface area contributed by atoms with Crippen molar-refractivity contribution < 1.29 is 24.3 Å². The number of amides is 3. The number of carbonyl (C=O) groups is 4. The van der Waals surface area contributed by atoms with E-state index in [1.807, 2.05) is 0 Å². The molecule has 0 radical (unpaired) electrons. The summed E-state index contributed by atoms with van der Waals surface area (Å²) < 4.78 is 0. The molecule has 8 heteroatoms. The van der Waals surface area contributed by atoms with Crippen LogP contribution < -0.4 is 5.32 Å². The van der Waals surface area contributed by atoms with E-state index < -0.39 is 23.8 Å². The van der Waals surface area contributed by atoms with E-state index in [-0.39, 0.29) is 18.2 Å². The second kappa shape index (κ2) is 9.01. The van der Waals surface area contributed by atoms with Gasteiger partial charge < -0.3 is 20.2 Å². The highest BCUT2D eigenvalue weighted by Crippen LogP contribution is 2.03. The van der Waals surface area contributed by atoms with E-state index >= 15 is 0 Å². The van der Waals surface area contributed by atoms with Gasteiger partial charge in [-0.1, -0.05) is 6.92 Å². The fraction of sp³-hybridized carbons (Fsp3) is 0.714. The van der Waals surface area contributed by atoms with E-state index in [1.54, 1.807) is 21.0 Å². The van der Waals surface area contributed by atoms with Crippen LogP contribution in [-0.2, 0) is 19.2 Å². The molecule has 3 amide bonds. The van der Waals surface area contributed by atoms with Gasteiger partial charge in [-0.2, -0.15) is 0 Å². The second-order valence-electron chi connectivity index (χ2n) is 5.43. The summed E-state index contributed by atoms with van der Waals surface area (Å²) in [5.41, 5.74) is 0. The zero-order valence-electron chi connectivity index (χ0n) is 13.8. The van der Waals surface area contributed by atoms with Crippen LogP contribution in [0.25, 0.3) is 0 Å². The normalized spacial score (nSPS) is 13.0. The van der Waals surface area contributed by atoms with Crippen molar-refractivity contribution in [3.05, 3.63) is 0 Å². The van der Waals surface area contributed by atoms with Crippen LogP contribution in [-0.4, -0.2) is 71.8 Å². The van der Waals surface area contributed by atoms with Crippen LogP contribution >= 0.6 is 0 Å². The third-order valence-electron chi connectivity index (χ3n) is 3.34. The second-order valence-corrected chi connectivity index (χ2v) is 5.43. The highest BCUT2D eigenvalue weighted by molar-refractivity contribution is 5.89. The molecule has 0 aliphatic rings. The third kappa shape index (κ3) is 7.05. The van der Waals surface area contributed by atoms with Gasteiger partial charge in [-0.25, -0.2) is 0 Å². The van der Waals surface area contributed by atoms with Gasteiger partial charge in [-0.3, -0.25) is 19.2 Å². The van der Waals surface area contributed by atoms with Crippen molar-refractivity contribution in [1.29, 1.82) is 0 Å². The third-order valence-corrected chi connectivity index (χ3v) is 3.34. The van der Waals surface area contributed by atoms with Crippen LogP contribution in [0, 0.1) is 5.92 Å². The molecule has 0 aromatic heterocycles. The summed E-state index contributed by atoms with van der Waals surface area (Å²) in [6.45, 7) is 5.22. The predicted molar refractivity (Wildman–Crippen MR) is 80.0 cm³/mol. The van der Waals surface area contributed by atoms with Crippen molar-refractivity contribution in [2.45, 2.75) is 33.2 Å². The van der Waals surface area contributed by atoms with Crippen LogP contribution in [0.5, 0.6) is 0 Å². The molecule has 2 atom stereocenters. The highest BCUT2D eigenvalue weighted by atomic mass is 16.4. The van der Waals surface area contributed by atoms with Gasteiger partial charge in [0.15, 0.2) is 0 Å². The van der Waals surface area contributed by atoms with Crippen molar-refractivity contribution in [2.24, 2.45) is 5.92 Å². The molecule has 126 valence electrons. The Hall–Kier alpha value is -2.12. The molecule has 0 aliphatic carbocycles. The Morgan fingerprint density at radius 2 is 1.55 bits per heavy atom. The van der Waals surface area contributed by atoms with E-state index in [9.17, 15) is 19.2 Å². The number of hydrogen-bond acceptors (Lipinski definition) is 4. The van der Waals surface area contributed by atoms with Gasteiger partial charge in [-0.15, -0.1) is 0 Å². The van der Waals surface area contributed by atoms with Gasteiger partial charge in [0.2, 0.25) is 17.7 Å². The number of aliphatic carboxylic acids is 1. The molecule has 0 aliphatic heterocycles. The monoisotopic (exact) mass is 315 g/mol. The summed E-state index contributed by atoms with van der Waals surface area (Å²) in [5.74, 6) is -2.64. The van der Waals surface area contributed by atoms with Crippen LogP contribution in [0.4, 0.5) is 0 Å². The molecule has 0 aromatic rings. The van der Waals surface area contributed by atoms with Crippen molar-refractivity contribution in [3.8, 4) is 0 Å². The largest absolute Gasteiger partial charge is 0.481 e. The van der Waals surface area contributed by atoms with E-state index in [2.05, 4.69) is 5.32 Å².